The van der Waals surface area contributed by atoms with Gasteiger partial charge in [0.2, 0.25) is 0 Å². The fourth-order valence-corrected chi connectivity index (χ4v) is 2.46. The molecule has 2 aliphatic rings. The second-order valence-electron chi connectivity index (χ2n) is 5.05. The lowest BCUT2D eigenvalue weighted by molar-refractivity contribution is 0.289. The average molecular weight is 213 g/mol. The predicted molar refractivity (Wildman–Crippen MR) is 68.2 cm³/mol. The van der Waals surface area contributed by atoms with Crippen molar-refractivity contribution in [1.29, 1.82) is 0 Å². The zero-order chi connectivity index (χ0) is 10.8. The first-order chi connectivity index (χ1) is 7.92. The van der Waals surface area contributed by atoms with Crippen LogP contribution in [0.2, 0.25) is 0 Å². The molecule has 1 fully saturated rings. The highest BCUT2D eigenvalue weighted by molar-refractivity contribution is 5.66. The Morgan fingerprint density at radius 2 is 1.94 bits per heavy atom. The minimum Gasteiger partial charge on any atom is -0.299 e. The van der Waals surface area contributed by atoms with Crippen LogP contribution in [-0.4, -0.2) is 24.5 Å². The van der Waals surface area contributed by atoms with Crippen molar-refractivity contribution in [3.8, 4) is 0 Å². The van der Waals surface area contributed by atoms with Crippen molar-refractivity contribution in [3.05, 3.63) is 42.0 Å². The van der Waals surface area contributed by atoms with Crippen LogP contribution in [0.4, 0.5) is 0 Å². The summed E-state index contributed by atoms with van der Waals surface area (Å²) in [5, 5.41) is 0. The summed E-state index contributed by atoms with van der Waals surface area (Å²) in [5.41, 5.74) is 2.95. The monoisotopic (exact) mass is 213 g/mol. The molecular weight excluding hydrogens is 194 g/mol. The van der Waals surface area contributed by atoms with Gasteiger partial charge in [0.1, 0.15) is 0 Å². The van der Waals surface area contributed by atoms with Crippen LogP contribution in [0.15, 0.2) is 36.4 Å². The van der Waals surface area contributed by atoms with Crippen molar-refractivity contribution in [2.75, 3.05) is 19.6 Å². The fraction of sp³-hybridized carbons (Fsp3) is 0.467. The first-order valence-electron chi connectivity index (χ1n) is 6.38. The van der Waals surface area contributed by atoms with Crippen LogP contribution in [0.3, 0.4) is 0 Å². The molecule has 1 nitrogen and oxygen atoms in total. The quantitative estimate of drug-likeness (QED) is 0.745. The molecule has 84 valence electrons. The summed E-state index contributed by atoms with van der Waals surface area (Å²) < 4.78 is 0. The molecule has 0 bridgehead atoms. The second kappa shape index (κ2) is 4.42. The Kier molecular flexibility index (Phi) is 2.79. The van der Waals surface area contributed by atoms with Crippen molar-refractivity contribution < 1.29 is 0 Å². The van der Waals surface area contributed by atoms with Gasteiger partial charge in [-0.05, 0) is 36.3 Å². The summed E-state index contributed by atoms with van der Waals surface area (Å²) in [6.07, 6.45) is 6.56. The highest BCUT2D eigenvalue weighted by Gasteiger charge is 2.24. The van der Waals surface area contributed by atoms with E-state index in [0.29, 0.717) is 0 Å². The Labute approximate surface area is 97.8 Å². The third-order valence-corrected chi connectivity index (χ3v) is 3.65. The second-order valence-corrected chi connectivity index (χ2v) is 5.05. The third kappa shape index (κ3) is 2.35. The van der Waals surface area contributed by atoms with E-state index >= 15 is 0 Å². The van der Waals surface area contributed by atoms with Gasteiger partial charge in [0.25, 0.3) is 0 Å². The Hall–Kier alpha value is -1.08. The van der Waals surface area contributed by atoms with Gasteiger partial charge in [-0.25, -0.2) is 0 Å². The summed E-state index contributed by atoms with van der Waals surface area (Å²) in [6.45, 7) is 3.73. The van der Waals surface area contributed by atoms with E-state index < -0.39 is 0 Å². The Bertz CT molecular complexity index is 376. The summed E-state index contributed by atoms with van der Waals surface area (Å²) in [5.74, 6) is 1.02. The molecule has 0 unspecified atom stereocenters. The third-order valence-electron chi connectivity index (χ3n) is 3.65. The van der Waals surface area contributed by atoms with Gasteiger partial charge in [0.05, 0.1) is 0 Å². The van der Waals surface area contributed by atoms with Crippen LogP contribution in [0.5, 0.6) is 0 Å². The molecule has 1 aliphatic heterocycles. The maximum absolute atomic E-state index is 2.60. The molecule has 1 heterocycles. The molecule has 0 spiro atoms. The number of rotatable bonds is 3. The summed E-state index contributed by atoms with van der Waals surface area (Å²) in [6, 6.07) is 10.8. The molecule has 1 heteroatoms. The minimum absolute atomic E-state index is 1.02. The van der Waals surface area contributed by atoms with E-state index in [0.717, 1.165) is 12.5 Å². The lowest BCUT2D eigenvalue weighted by Gasteiger charge is -2.26. The SMILES string of the molecule is C1=C(c2ccccc2)CCN(CC2CC2)C1. The van der Waals surface area contributed by atoms with E-state index in [4.69, 9.17) is 0 Å². The smallest absolute Gasteiger partial charge is 0.0169 e. The van der Waals surface area contributed by atoms with Gasteiger partial charge >= 0.3 is 0 Å². The van der Waals surface area contributed by atoms with E-state index in [1.54, 1.807) is 0 Å². The molecule has 0 N–H and O–H groups in total. The Morgan fingerprint density at radius 3 is 2.56 bits per heavy atom. The van der Waals surface area contributed by atoms with E-state index in [9.17, 15) is 0 Å². The maximum Gasteiger partial charge on any atom is 0.0169 e. The van der Waals surface area contributed by atoms with E-state index in [2.05, 4.69) is 41.3 Å². The highest BCUT2D eigenvalue weighted by atomic mass is 15.1. The van der Waals surface area contributed by atoms with Crippen molar-refractivity contribution in [2.24, 2.45) is 5.92 Å². The first kappa shape index (κ1) is 10.1. The molecule has 0 radical (unpaired) electrons. The van der Waals surface area contributed by atoms with Crippen molar-refractivity contribution >= 4 is 5.57 Å². The van der Waals surface area contributed by atoms with Crippen LogP contribution >= 0.6 is 0 Å². The zero-order valence-corrected chi connectivity index (χ0v) is 9.73. The molecule has 16 heavy (non-hydrogen) atoms. The number of hydrogen-bond acceptors (Lipinski definition) is 1. The van der Waals surface area contributed by atoms with Crippen LogP contribution in [0.1, 0.15) is 24.8 Å². The van der Waals surface area contributed by atoms with Crippen LogP contribution in [0.25, 0.3) is 5.57 Å². The normalized spacial score (nSPS) is 21.9. The molecule has 0 atom stereocenters. The molecule has 1 aromatic carbocycles. The fourth-order valence-electron chi connectivity index (χ4n) is 2.46. The van der Waals surface area contributed by atoms with Gasteiger partial charge in [-0.1, -0.05) is 36.4 Å². The minimum atomic E-state index is 1.02. The van der Waals surface area contributed by atoms with Crippen LogP contribution in [0, 0.1) is 5.92 Å². The summed E-state index contributed by atoms with van der Waals surface area (Å²) in [7, 11) is 0. The van der Waals surface area contributed by atoms with Gasteiger partial charge in [-0.2, -0.15) is 0 Å². The average Bonchev–Trinajstić information content (AvgIpc) is 3.15. The maximum atomic E-state index is 2.60. The van der Waals surface area contributed by atoms with Crippen LogP contribution in [-0.2, 0) is 0 Å². The lowest BCUT2D eigenvalue weighted by Crippen LogP contribution is -2.30. The van der Waals surface area contributed by atoms with E-state index in [1.807, 2.05) is 0 Å². The molecule has 1 saturated carbocycles. The Balaban J connectivity index is 1.64. The van der Waals surface area contributed by atoms with Gasteiger partial charge < -0.3 is 0 Å². The molecular formula is C15H19N. The largest absolute Gasteiger partial charge is 0.299 e. The van der Waals surface area contributed by atoms with E-state index in [-0.39, 0.29) is 0 Å². The summed E-state index contributed by atoms with van der Waals surface area (Å²) in [4.78, 5) is 2.60. The van der Waals surface area contributed by atoms with E-state index in [1.165, 1.54) is 43.5 Å². The number of nitrogens with zero attached hydrogens (tertiary/aromatic N) is 1. The Morgan fingerprint density at radius 1 is 1.12 bits per heavy atom. The molecule has 1 aliphatic carbocycles. The molecule has 1 aromatic rings. The molecule has 0 aromatic heterocycles. The first-order valence-corrected chi connectivity index (χ1v) is 6.38. The van der Waals surface area contributed by atoms with Crippen LogP contribution < -0.4 is 0 Å². The van der Waals surface area contributed by atoms with Gasteiger partial charge in [-0.15, -0.1) is 0 Å². The standard InChI is InChI=1S/C15H19N/c1-2-4-14(5-3-1)15-8-10-16(11-9-15)12-13-6-7-13/h1-5,8,13H,6-7,9-12H2. The highest BCUT2D eigenvalue weighted by Crippen LogP contribution is 2.31. The number of hydrogen-bond donors (Lipinski definition) is 0. The van der Waals surface area contributed by atoms with Gasteiger partial charge in [0.15, 0.2) is 0 Å². The van der Waals surface area contributed by atoms with Gasteiger partial charge in [-0.3, -0.25) is 4.90 Å². The van der Waals surface area contributed by atoms with Gasteiger partial charge in [0, 0.05) is 19.6 Å². The van der Waals surface area contributed by atoms with Crippen molar-refractivity contribution in [1.82, 2.24) is 4.90 Å². The predicted octanol–water partition coefficient (Wildman–Crippen LogP) is 3.19. The van der Waals surface area contributed by atoms with Crippen molar-refractivity contribution in [3.63, 3.8) is 0 Å². The topological polar surface area (TPSA) is 3.24 Å². The molecule has 3 rings (SSSR count). The lowest BCUT2D eigenvalue weighted by atomic mass is 9.99. The molecule has 0 amide bonds. The molecule has 0 saturated heterocycles. The summed E-state index contributed by atoms with van der Waals surface area (Å²) >= 11 is 0. The zero-order valence-electron chi connectivity index (χ0n) is 9.73. The number of benzene rings is 1. The van der Waals surface area contributed by atoms with Crippen molar-refractivity contribution in [2.45, 2.75) is 19.3 Å².